The van der Waals surface area contributed by atoms with Gasteiger partial charge in [-0.1, -0.05) is 19.8 Å². The highest BCUT2D eigenvalue weighted by Gasteiger charge is 2.48. The van der Waals surface area contributed by atoms with Crippen LogP contribution in [0.25, 0.3) is 0 Å². The molecule has 2 atom stereocenters. The van der Waals surface area contributed by atoms with Crippen LogP contribution >= 0.6 is 0 Å². The molecule has 0 amide bonds. The van der Waals surface area contributed by atoms with Crippen LogP contribution in [0.2, 0.25) is 0 Å². The van der Waals surface area contributed by atoms with E-state index in [9.17, 15) is 18.3 Å². The van der Waals surface area contributed by atoms with Crippen LogP contribution in [0.3, 0.4) is 0 Å². The van der Waals surface area contributed by atoms with Crippen LogP contribution in [0.5, 0.6) is 0 Å². The Morgan fingerprint density at radius 3 is 2.84 bits per heavy atom. The predicted octanol–water partition coefficient (Wildman–Crippen LogP) is 0.721. The summed E-state index contributed by atoms with van der Waals surface area (Å²) in [6.45, 7) is 1.77. The third-order valence-corrected chi connectivity index (χ3v) is 5.20. The highest BCUT2D eigenvalue weighted by molar-refractivity contribution is 7.89. The van der Waals surface area contributed by atoms with Crippen molar-refractivity contribution in [1.29, 1.82) is 0 Å². The molecule has 2 unspecified atom stereocenters. The van der Waals surface area contributed by atoms with E-state index in [1.807, 2.05) is 0 Å². The number of nitrogens with zero attached hydrogens (tertiary/aromatic N) is 1. The van der Waals surface area contributed by atoms with Gasteiger partial charge in [0.15, 0.2) is 5.03 Å². The molecule has 0 saturated heterocycles. The normalized spacial score (nSPS) is 28.2. The van der Waals surface area contributed by atoms with Crippen LogP contribution in [0.4, 0.5) is 0 Å². The van der Waals surface area contributed by atoms with Crippen molar-refractivity contribution in [2.45, 2.75) is 43.2 Å². The van der Waals surface area contributed by atoms with Crippen LogP contribution < -0.4 is 4.72 Å². The molecule has 1 fully saturated rings. The lowest BCUT2D eigenvalue weighted by Gasteiger charge is -2.38. The quantitative estimate of drug-likeness (QED) is 0.755. The minimum atomic E-state index is -3.90. The molecule has 1 aromatic heterocycles. The van der Waals surface area contributed by atoms with Gasteiger partial charge in [-0.25, -0.2) is 13.4 Å². The van der Waals surface area contributed by atoms with Crippen LogP contribution in [-0.2, 0) is 14.8 Å². The second kappa shape index (κ2) is 4.93. The maximum atomic E-state index is 12.2. The maximum Gasteiger partial charge on any atom is 0.325 e. The SMILES string of the molecule is CC1CCCCC1(NS(=O)(=O)c1cnc[nH]1)C(=O)O. The molecular weight excluding hydrogens is 270 g/mol. The highest BCUT2D eigenvalue weighted by atomic mass is 32.2. The van der Waals surface area contributed by atoms with Crippen molar-refractivity contribution in [2.75, 3.05) is 0 Å². The van der Waals surface area contributed by atoms with Crippen molar-refractivity contribution in [3.05, 3.63) is 12.5 Å². The first-order valence-corrected chi connectivity index (χ1v) is 7.62. The molecule has 1 saturated carbocycles. The molecule has 1 aromatic rings. The number of nitrogens with one attached hydrogen (secondary N) is 2. The van der Waals surface area contributed by atoms with Crippen molar-refractivity contribution >= 4 is 16.0 Å². The van der Waals surface area contributed by atoms with Crippen molar-refractivity contribution in [1.82, 2.24) is 14.7 Å². The first kappa shape index (κ1) is 14.0. The summed E-state index contributed by atoms with van der Waals surface area (Å²) in [5, 5.41) is 9.35. The number of sulfonamides is 1. The minimum Gasteiger partial charge on any atom is -0.480 e. The highest BCUT2D eigenvalue weighted by Crippen LogP contribution is 2.35. The summed E-state index contributed by atoms with van der Waals surface area (Å²) in [6, 6.07) is 0. The molecule has 0 aliphatic heterocycles. The number of hydrogen-bond acceptors (Lipinski definition) is 4. The summed E-state index contributed by atoms with van der Waals surface area (Å²) in [5.41, 5.74) is -1.43. The average Bonchev–Trinajstić information content (AvgIpc) is 2.86. The van der Waals surface area contributed by atoms with E-state index in [4.69, 9.17) is 0 Å². The van der Waals surface area contributed by atoms with E-state index in [1.54, 1.807) is 6.92 Å². The Hall–Kier alpha value is -1.41. The molecule has 106 valence electrons. The zero-order valence-electron chi connectivity index (χ0n) is 10.6. The monoisotopic (exact) mass is 287 g/mol. The number of imidazole rings is 1. The van der Waals surface area contributed by atoms with Gasteiger partial charge in [0.25, 0.3) is 10.0 Å². The van der Waals surface area contributed by atoms with E-state index < -0.39 is 21.5 Å². The lowest BCUT2D eigenvalue weighted by molar-refractivity contribution is -0.147. The molecule has 2 rings (SSSR count). The van der Waals surface area contributed by atoms with Gasteiger partial charge in [-0.05, 0) is 18.8 Å². The van der Waals surface area contributed by atoms with E-state index in [0.29, 0.717) is 19.3 Å². The summed E-state index contributed by atoms with van der Waals surface area (Å²) >= 11 is 0. The number of H-pyrrole nitrogens is 1. The Kier molecular flexibility index (Phi) is 3.64. The Labute approximate surface area is 111 Å². The van der Waals surface area contributed by atoms with Gasteiger partial charge in [-0.3, -0.25) is 4.79 Å². The number of hydrogen-bond donors (Lipinski definition) is 3. The summed E-state index contributed by atoms with van der Waals surface area (Å²) in [5.74, 6) is -1.38. The Morgan fingerprint density at radius 2 is 2.32 bits per heavy atom. The second-order valence-electron chi connectivity index (χ2n) is 4.94. The lowest BCUT2D eigenvalue weighted by Crippen LogP contribution is -2.59. The van der Waals surface area contributed by atoms with Crippen molar-refractivity contribution in [3.63, 3.8) is 0 Å². The first-order valence-electron chi connectivity index (χ1n) is 6.14. The number of aromatic amines is 1. The van der Waals surface area contributed by atoms with E-state index in [0.717, 1.165) is 12.6 Å². The second-order valence-corrected chi connectivity index (χ2v) is 6.60. The molecule has 1 heterocycles. The molecule has 0 bridgehead atoms. The molecule has 0 aromatic carbocycles. The Morgan fingerprint density at radius 1 is 1.58 bits per heavy atom. The summed E-state index contributed by atoms with van der Waals surface area (Å²) < 4.78 is 26.7. The largest absolute Gasteiger partial charge is 0.480 e. The molecular formula is C11H17N3O4S. The molecule has 0 radical (unpaired) electrons. The number of aliphatic carboxylic acids is 1. The average molecular weight is 287 g/mol. The zero-order valence-corrected chi connectivity index (χ0v) is 11.4. The van der Waals surface area contributed by atoms with Gasteiger partial charge in [0.05, 0.1) is 12.5 Å². The van der Waals surface area contributed by atoms with Crippen LogP contribution in [0.15, 0.2) is 17.6 Å². The Balaban J connectivity index is 2.34. The van der Waals surface area contributed by atoms with E-state index in [1.165, 1.54) is 6.33 Å². The van der Waals surface area contributed by atoms with Crippen molar-refractivity contribution in [3.8, 4) is 0 Å². The molecule has 3 N–H and O–H groups in total. The van der Waals surface area contributed by atoms with Crippen molar-refractivity contribution < 1.29 is 18.3 Å². The van der Waals surface area contributed by atoms with Gasteiger partial charge in [0, 0.05) is 0 Å². The van der Waals surface area contributed by atoms with Gasteiger partial charge < -0.3 is 10.1 Å². The lowest BCUT2D eigenvalue weighted by atomic mass is 9.74. The first-order chi connectivity index (χ1) is 8.88. The predicted molar refractivity (Wildman–Crippen MR) is 66.9 cm³/mol. The molecule has 7 nitrogen and oxygen atoms in total. The van der Waals surface area contributed by atoms with Gasteiger partial charge in [0.2, 0.25) is 0 Å². The maximum absolute atomic E-state index is 12.2. The number of carboxylic acids is 1. The summed E-state index contributed by atoms with van der Waals surface area (Å²) in [6.07, 6.45) is 5.01. The van der Waals surface area contributed by atoms with Gasteiger partial charge in [0.1, 0.15) is 5.54 Å². The smallest absolute Gasteiger partial charge is 0.325 e. The van der Waals surface area contributed by atoms with E-state index in [2.05, 4.69) is 14.7 Å². The minimum absolute atomic E-state index is 0.120. The fourth-order valence-corrected chi connectivity index (χ4v) is 3.93. The van der Waals surface area contributed by atoms with Crippen molar-refractivity contribution in [2.24, 2.45) is 5.92 Å². The third kappa shape index (κ3) is 2.50. The van der Waals surface area contributed by atoms with Gasteiger partial charge >= 0.3 is 5.97 Å². The third-order valence-electron chi connectivity index (χ3n) is 3.76. The van der Waals surface area contributed by atoms with Gasteiger partial charge in [-0.15, -0.1) is 0 Å². The summed E-state index contributed by atoms with van der Waals surface area (Å²) in [4.78, 5) is 17.7. The molecule has 8 heteroatoms. The molecule has 19 heavy (non-hydrogen) atoms. The van der Waals surface area contributed by atoms with Gasteiger partial charge in [-0.2, -0.15) is 4.72 Å². The Bertz CT molecular complexity index is 555. The molecule has 1 aliphatic carbocycles. The van der Waals surface area contributed by atoms with Crippen LogP contribution in [0.1, 0.15) is 32.6 Å². The van der Waals surface area contributed by atoms with E-state index in [-0.39, 0.29) is 10.9 Å². The standard InChI is InChI=1S/C11H17N3O4S/c1-8-4-2-3-5-11(8,10(15)16)14-19(17,18)9-6-12-7-13-9/h6-8,14H,2-5H2,1H3,(H,12,13)(H,15,16). The van der Waals surface area contributed by atoms with E-state index >= 15 is 0 Å². The fourth-order valence-electron chi connectivity index (χ4n) is 2.54. The molecule has 1 aliphatic rings. The summed E-state index contributed by atoms with van der Waals surface area (Å²) in [7, 11) is -3.90. The molecule has 0 spiro atoms. The number of rotatable bonds is 4. The van der Waals surface area contributed by atoms with Crippen LogP contribution in [-0.4, -0.2) is 35.0 Å². The zero-order chi connectivity index (χ0) is 14.1. The topological polar surface area (TPSA) is 112 Å². The number of carboxylic acid groups (broad SMARTS) is 1. The van der Waals surface area contributed by atoms with Crippen LogP contribution in [0, 0.1) is 5.92 Å². The number of carbonyl (C=O) groups is 1. The number of aromatic nitrogens is 2. The fraction of sp³-hybridized carbons (Fsp3) is 0.636.